The quantitative estimate of drug-likeness (QED) is 0.857. The molecule has 2 aromatic rings. The summed E-state index contributed by atoms with van der Waals surface area (Å²) in [5, 5.41) is 0. The summed E-state index contributed by atoms with van der Waals surface area (Å²) < 4.78 is 5.62. The summed E-state index contributed by atoms with van der Waals surface area (Å²) in [6.07, 6.45) is 1.87. The summed E-state index contributed by atoms with van der Waals surface area (Å²) >= 11 is 0. The van der Waals surface area contributed by atoms with Crippen LogP contribution in [0.2, 0.25) is 0 Å². The molecule has 0 bridgehead atoms. The summed E-state index contributed by atoms with van der Waals surface area (Å²) in [4.78, 5) is 0. The van der Waals surface area contributed by atoms with Crippen molar-refractivity contribution in [1.82, 2.24) is 0 Å². The molecule has 2 heteroatoms. The van der Waals surface area contributed by atoms with Gasteiger partial charge in [0, 0.05) is 0 Å². The molecule has 1 unspecified atom stereocenters. The summed E-state index contributed by atoms with van der Waals surface area (Å²) in [6.45, 7) is 4.97. The van der Waals surface area contributed by atoms with Crippen molar-refractivity contribution in [2.24, 2.45) is 5.73 Å². The zero-order valence-electron chi connectivity index (χ0n) is 12.3. The molecule has 0 saturated heterocycles. The zero-order valence-corrected chi connectivity index (χ0v) is 12.3. The molecule has 2 aromatic carbocycles. The monoisotopic (exact) mass is 269 g/mol. The molecule has 0 spiro atoms. The molecule has 106 valence electrons. The lowest BCUT2D eigenvalue weighted by Gasteiger charge is -2.29. The van der Waals surface area contributed by atoms with Crippen LogP contribution in [-0.4, -0.2) is 6.61 Å². The molecule has 0 saturated carbocycles. The Morgan fingerprint density at radius 3 is 2.05 bits per heavy atom. The maximum Gasteiger partial charge on any atom is 0.119 e. The summed E-state index contributed by atoms with van der Waals surface area (Å²) in [7, 11) is 0. The van der Waals surface area contributed by atoms with E-state index in [9.17, 15) is 0 Å². The van der Waals surface area contributed by atoms with Crippen LogP contribution in [0.1, 0.15) is 37.8 Å². The molecule has 2 N–H and O–H groups in total. The first-order valence-corrected chi connectivity index (χ1v) is 7.28. The predicted octanol–water partition coefficient (Wildman–Crippen LogP) is 4.09. The molecule has 0 aliphatic heterocycles. The standard InChI is InChI=1S/C18H23NO/c1-3-14-20-17-12-10-16(11-13-17)18(19,4-2)15-8-6-5-7-9-15/h5-13H,3-4,14,19H2,1-2H3. The van der Waals surface area contributed by atoms with E-state index in [0.29, 0.717) is 0 Å². The van der Waals surface area contributed by atoms with E-state index in [-0.39, 0.29) is 0 Å². The first-order valence-electron chi connectivity index (χ1n) is 7.28. The van der Waals surface area contributed by atoms with Gasteiger partial charge in [-0.25, -0.2) is 0 Å². The average Bonchev–Trinajstić information content (AvgIpc) is 2.53. The van der Waals surface area contributed by atoms with Crippen LogP contribution in [0.3, 0.4) is 0 Å². The maximum atomic E-state index is 6.65. The van der Waals surface area contributed by atoms with E-state index in [1.54, 1.807) is 0 Å². The molecule has 0 radical (unpaired) electrons. The topological polar surface area (TPSA) is 35.2 Å². The highest BCUT2D eigenvalue weighted by Gasteiger charge is 2.27. The van der Waals surface area contributed by atoms with Crippen LogP contribution in [0, 0.1) is 0 Å². The van der Waals surface area contributed by atoms with Crippen LogP contribution in [0.5, 0.6) is 5.75 Å². The number of benzene rings is 2. The second kappa shape index (κ2) is 6.58. The molecule has 0 aliphatic rings. The van der Waals surface area contributed by atoms with Crippen molar-refractivity contribution in [3.8, 4) is 5.75 Å². The summed E-state index contributed by atoms with van der Waals surface area (Å²) in [6, 6.07) is 18.4. The van der Waals surface area contributed by atoms with Crippen LogP contribution in [0.15, 0.2) is 54.6 Å². The van der Waals surface area contributed by atoms with Crippen molar-refractivity contribution in [3.63, 3.8) is 0 Å². The summed E-state index contributed by atoms with van der Waals surface area (Å²) in [5.41, 5.74) is 8.47. The fourth-order valence-corrected chi connectivity index (χ4v) is 2.38. The van der Waals surface area contributed by atoms with Crippen molar-refractivity contribution < 1.29 is 4.74 Å². The molecule has 0 fully saturated rings. The van der Waals surface area contributed by atoms with Crippen LogP contribution in [-0.2, 0) is 5.54 Å². The highest BCUT2D eigenvalue weighted by atomic mass is 16.5. The Hall–Kier alpha value is -1.80. The van der Waals surface area contributed by atoms with Gasteiger partial charge in [-0.3, -0.25) is 0 Å². The van der Waals surface area contributed by atoms with Gasteiger partial charge in [0.15, 0.2) is 0 Å². The van der Waals surface area contributed by atoms with Crippen molar-refractivity contribution in [2.75, 3.05) is 6.61 Å². The predicted molar refractivity (Wildman–Crippen MR) is 83.9 cm³/mol. The lowest BCUT2D eigenvalue weighted by atomic mass is 9.82. The van der Waals surface area contributed by atoms with Crippen LogP contribution in [0.4, 0.5) is 0 Å². The minimum Gasteiger partial charge on any atom is -0.494 e. The molecular formula is C18H23NO. The van der Waals surface area contributed by atoms with E-state index in [1.165, 1.54) is 0 Å². The zero-order chi connectivity index (χ0) is 14.4. The van der Waals surface area contributed by atoms with Gasteiger partial charge in [0.05, 0.1) is 12.1 Å². The Bertz CT molecular complexity index is 521. The van der Waals surface area contributed by atoms with Gasteiger partial charge < -0.3 is 10.5 Å². The van der Waals surface area contributed by atoms with Gasteiger partial charge in [-0.05, 0) is 36.1 Å². The van der Waals surface area contributed by atoms with Gasteiger partial charge >= 0.3 is 0 Å². The third-order valence-corrected chi connectivity index (χ3v) is 3.69. The Kier molecular flexibility index (Phi) is 4.80. The van der Waals surface area contributed by atoms with E-state index < -0.39 is 5.54 Å². The molecule has 1 atom stereocenters. The van der Waals surface area contributed by atoms with E-state index in [1.807, 2.05) is 30.3 Å². The van der Waals surface area contributed by atoms with Crippen molar-refractivity contribution >= 4 is 0 Å². The minimum atomic E-state index is -0.440. The van der Waals surface area contributed by atoms with E-state index in [0.717, 1.165) is 36.3 Å². The molecular weight excluding hydrogens is 246 g/mol. The Morgan fingerprint density at radius 1 is 0.900 bits per heavy atom. The molecule has 2 nitrogen and oxygen atoms in total. The number of ether oxygens (including phenoxy) is 1. The molecule has 0 aromatic heterocycles. The molecule has 0 heterocycles. The lowest BCUT2D eigenvalue weighted by molar-refractivity contribution is 0.317. The van der Waals surface area contributed by atoms with Gasteiger partial charge in [0.25, 0.3) is 0 Å². The first-order chi connectivity index (χ1) is 9.70. The van der Waals surface area contributed by atoms with Gasteiger partial charge in [-0.1, -0.05) is 56.3 Å². The number of hydrogen-bond donors (Lipinski definition) is 1. The Morgan fingerprint density at radius 2 is 1.50 bits per heavy atom. The molecule has 0 aliphatic carbocycles. The van der Waals surface area contributed by atoms with Crippen LogP contribution < -0.4 is 10.5 Å². The lowest BCUT2D eigenvalue weighted by Crippen LogP contribution is -2.37. The first kappa shape index (κ1) is 14.6. The fourth-order valence-electron chi connectivity index (χ4n) is 2.38. The normalized spacial score (nSPS) is 13.8. The largest absolute Gasteiger partial charge is 0.494 e. The third-order valence-electron chi connectivity index (χ3n) is 3.69. The number of nitrogens with two attached hydrogens (primary N) is 1. The van der Waals surface area contributed by atoms with Crippen LogP contribution in [0.25, 0.3) is 0 Å². The minimum absolute atomic E-state index is 0.440. The highest BCUT2D eigenvalue weighted by Crippen LogP contribution is 2.31. The van der Waals surface area contributed by atoms with Crippen LogP contribution >= 0.6 is 0 Å². The van der Waals surface area contributed by atoms with Gasteiger partial charge in [0.1, 0.15) is 5.75 Å². The fraction of sp³-hybridized carbons (Fsp3) is 0.333. The smallest absolute Gasteiger partial charge is 0.119 e. The second-order valence-electron chi connectivity index (χ2n) is 5.06. The molecule has 0 amide bonds. The number of hydrogen-bond acceptors (Lipinski definition) is 2. The maximum absolute atomic E-state index is 6.65. The van der Waals surface area contributed by atoms with E-state index >= 15 is 0 Å². The Labute approximate surface area is 121 Å². The van der Waals surface area contributed by atoms with Gasteiger partial charge in [-0.2, -0.15) is 0 Å². The number of rotatable bonds is 6. The van der Waals surface area contributed by atoms with Gasteiger partial charge in [0.2, 0.25) is 0 Å². The van der Waals surface area contributed by atoms with Gasteiger partial charge in [-0.15, -0.1) is 0 Å². The molecule has 20 heavy (non-hydrogen) atoms. The summed E-state index contributed by atoms with van der Waals surface area (Å²) in [5.74, 6) is 0.905. The molecule has 2 rings (SSSR count). The average molecular weight is 269 g/mol. The van der Waals surface area contributed by atoms with Crippen molar-refractivity contribution in [1.29, 1.82) is 0 Å². The third kappa shape index (κ3) is 3.02. The SMILES string of the molecule is CCCOc1ccc(C(N)(CC)c2ccccc2)cc1. The van der Waals surface area contributed by atoms with Crippen molar-refractivity contribution in [2.45, 2.75) is 32.2 Å². The highest BCUT2D eigenvalue weighted by molar-refractivity contribution is 5.40. The van der Waals surface area contributed by atoms with E-state index in [4.69, 9.17) is 10.5 Å². The second-order valence-corrected chi connectivity index (χ2v) is 5.06. The Balaban J connectivity index is 2.28. The van der Waals surface area contributed by atoms with Crippen molar-refractivity contribution in [3.05, 3.63) is 65.7 Å². The van der Waals surface area contributed by atoms with E-state index in [2.05, 4.69) is 38.1 Å².